The number of nitrogens with zero attached hydrogens (tertiary/aromatic N) is 8. The summed E-state index contributed by atoms with van der Waals surface area (Å²) in [7, 11) is 0. The lowest BCUT2D eigenvalue weighted by Crippen LogP contribution is -2.10. The molecule has 8 heteroatoms. The predicted molar refractivity (Wildman–Crippen MR) is 98.8 cm³/mol. The van der Waals surface area contributed by atoms with Gasteiger partial charge in [0.25, 0.3) is 0 Å². The minimum Gasteiger partial charge on any atom is -0.324 e. The maximum atomic E-state index is 9.38. The summed E-state index contributed by atoms with van der Waals surface area (Å²) in [5, 5.41) is 17.9. The van der Waals surface area contributed by atoms with Crippen LogP contribution in [0.5, 0.6) is 0 Å². The maximum Gasteiger partial charge on any atom is 0.167 e. The first-order valence-corrected chi connectivity index (χ1v) is 8.77. The number of rotatable bonds is 5. The molecule has 27 heavy (non-hydrogen) atoms. The van der Waals surface area contributed by atoms with Crippen LogP contribution in [-0.4, -0.2) is 34.1 Å². The van der Waals surface area contributed by atoms with E-state index >= 15 is 0 Å². The lowest BCUT2D eigenvalue weighted by Gasteiger charge is -2.12. The van der Waals surface area contributed by atoms with Crippen LogP contribution in [0.3, 0.4) is 0 Å². The van der Waals surface area contributed by atoms with Gasteiger partial charge in [-0.3, -0.25) is 9.38 Å². The van der Waals surface area contributed by atoms with Crippen molar-refractivity contribution in [2.45, 2.75) is 33.2 Å². The predicted octanol–water partition coefficient (Wildman–Crippen LogP) is 2.56. The number of hydrogen-bond acceptors (Lipinski definition) is 6. The molecule has 0 radical (unpaired) electrons. The third kappa shape index (κ3) is 2.93. The Bertz CT molecular complexity index is 1150. The van der Waals surface area contributed by atoms with E-state index in [1.54, 1.807) is 30.9 Å². The summed E-state index contributed by atoms with van der Waals surface area (Å²) >= 11 is 0. The van der Waals surface area contributed by atoms with Crippen molar-refractivity contribution >= 4 is 5.65 Å². The second-order valence-corrected chi connectivity index (χ2v) is 6.25. The van der Waals surface area contributed by atoms with Gasteiger partial charge in [0.2, 0.25) is 0 Å². The van der Waals surface area contributed by atoms with Crippen LogP contribution < -0.4 is 0 Å². The first-order chi connectivity index (χ1) is 13.2. The summed E-state index contributed by atoms with van der Waals surface area (Å²) in [6, 6.07) is 5.67. The van der Waals surface area contributed by atoms with Crippen molar-refractivity contribution in [1.82, 2.24) is 34.1 Å². The Morgan fingerprint density at radius 1 is 1.15 bits per heavy atom. The van der Waals surface area contributed by atoms with E-state index in [1.165, 1.54) is 0 Å². The number of nitriles is 1. The molecule has 4 rings (SSSR count). The Hall–Kier alpha value is -3.60. The van der Waals surface area contributed by atoms with Gasteiger partial charge in [-0.2, -0.15) is 5.26 Å². The normalized spacial score (nSPS) is 11.0. The van der Waals surface area contributed by atoms with Gasteiger partial charge in [0, 0.05) is 24.2 Å². The number of hydrogen-bond donors (Lipinski definition) is 0. The first kappa shape index (κ1) is 16.8. The molecule has 0 amide bonds. The van der Waals surface area contributed by atoms with Crippen molar-refractivity contribution in [3.05, 3.63) is 59.7 Å². The summed E-state index contributed by atoms with van der Waals surface area (Å²) in [6.07, 6.45) is 8.86. The van der Waals surface area contributed by atoms with Gasteiger partial charge in [-0.05, 0) is 25.5 Å². The molecular formula is C19H18N8. The molecule has 4 aromatic heterocycles. The van der Waals surface area contributed by atoms with E-state index < -0.39 is 0 Å². The van der Waals surface area contributed by atoms with E-state index in [4.69, 9.17) is 0 Å². The van der Waals surface area contributed by atoms with Gasteiger partial charge in [-0.1, -0.05) is 13.3 Å². The fourth-order valence-electron chi connectivity index (χ4n) is 3.18. The topological polar surface area (TPSA) is 97.6 Å². The fraction of sp³-hybridized carbons (Fsp3) is 0.263. The zero-order valence-corrected chi connectivity index (χ0v) is 15.2. The van der Waals surface area contributed by atoms with Crippen LogP contribution in [0, 0.1) is 18.3 Å². The van der Waals surface area contributed by atoms with E-state index in [-0.39, 0.29) is 0 Å². The van der Waals surface area contributed by atoms with E-state index in [9.17, 15) is 5.26 Å². The third-order valence-electron chi connectivity index (χ3n) is 4.49. The molecule has 0 unspecified atom stereocenters. The molecule has 8 nitrogen and oxygen atoms in total. The van der Waals surface area contributed by atoms with Crippen molar-refractivity contribution in [1.29, 1.82) is 5.26 Å². The Labute approximate surface area is 156 Å². The zero-order chi connectivity index (χ0) is 18.8. The fourth-order valence-corrected chi connectivity index (χ4v) is 3.18. The van der Waals surface area contributed by atoms with E-state index in [0.29, 0.717) is 23.6 Å². The Kier molecular flexibility index (Phi) is 4.34. The Morgan fingerprint density at radius 3 is 2.85 bits per heavy atom. The van der Waals surface area contributed by atoms with Crippen molar-refractivity contribution in [3.63, 3.8) is 0 Å². The van der Waals surface area contributed by atoms with Crippen molar-refractivity contribution < 1.29 is 0 Å². The highest BCUT2D eigenvalue weighted by Gasteiger charge is 2.17. The molecule has 0 bridgehead atoms. The van der Waals surface area contributed by atoms with Gasteiger partial charge in [-0.15, -0.1) is 10.2 Å². The standard InChI is InChI=1S/C19H18N8/c1-3-5-15-16(23-12-27-13(2)24-25-18(15)27)11-26-9-8-22-19(26)17-14(10-20)6-4-7-21-17/h4,6-9,12H,3,5,11H2,1-2H3. The molecular weight excluding hydrogens is 340 g/mol. The lowest BCUT2D eigenvalue weighted by molar-refractivity contribution is 0.748. The molecule has 134 valence electrons. The van der Waals surface area contributed by atoms with Crippen LogP contribution in [-0.2, 0) is 13.0 Å². The quantitative estimate of drug-likeness (QED) is 0.544. The zero-order valence-electron chi connectivity index (χ0n) is 15.2. The van der Waals surface area contributed by atoms with Gasteiger partial charge in [-0.25, -0.2) is 9.97 Å². The third-order valence-corrected chi connectivity index (χ3v) is 4.49. The van der Waals surface area contributed by atoms with Crippen molar-refractivity contribution in [2.75, 3.05) is 0 Å². The molecule has 4 heterocycles. The first-order valence-electron chi connectivity index (χ1n) is 8.77. The number of fused-ring (bicyclic) bond motifs is 1. The largest absolute Gasteiger partial charge is 0.324 e. The summed E-state index contributed by atoms with van der Waals surface area (Å²) in [5.41, 5.74) is 3.92. The monoisotopic (exact) mass is 358 g/mol. The highest BCUT2D eigenvalue weighted by Crippen LogP contribution is 2.22. The maximum absolute atomic E-state index is 9.38. The summed E-state index contributed by atoms with van der Waals surface area (Å²) < 4.78 is 3.88. The number of aromatic nitrogens is 7. The highest BCUT2D eigenvalue weighted by molar-refractivity contribution is 5.60. The molecule has 0 atom stereocenters. The molecule has 0 saturated heterocycles. The minimum absolute atomic E-state index is 0.496. The van der Waals surface area contributed by atoms with Gasteiger partial charge >= 0.3 is 0 Å². The molecule has 0 aliphatic rings. The second kappa shape index (κ2) is 6.96. The van der Waals surface area contributed by atoms with E-state index in [2.05, 4.69) is 38.1 Å². The Morgan fingerprint density at radius 2 is 2.04 bits per heavy atom. The summed E-state index contributed by atoms with van der Waals surface area (Å²) in [6.45, 7) is 4.57. The minimum atomic E-state index is 0.496. The molecule has 4 aromatic rings. The average Bonchev–Trinajstić information content (AvgIpc) is 3.30. The number of imidazole rings is 1. The molecule has 0 aromatic carbocycles. The highest BCUT2D eigenvalue weighted by atomic mass is 15.3. The van der Waals surface area contributed by atoms with Crippen molar-refractivity contribution in [2.24, 2.45) is 0 Å². The van der Waals surface area contributed by atoms with Crippen molar-refractivity contribution in [3.8, 4) is 17.6 Å². The van der Waals surface area contributed by atoms with Gasteiger partial charge < -0.3 is 4.57 Å². The number of aryl methyl sites for hydroxylation is 2. The van der Waals surface area contributed by atoms with E-state index in [1.807, 2.05) is 22.1 Å². The molecule has 0 aliphatic carbocycles. The summed E-state index contributed by atoms with van der Waals surface area (Å²) in [5.74, 6) is 1.46. The second-order valence-electron chi connectivity index (χ2n) is 6.25. The van der Waals surface area contributed by atoms with E-state index in [0.717, 1.165) is 35.6 Å². The molecule has 0 fully saturated rings. The Balaban J connectivity index is 1.79. The van der Waals surface area contributed by atoms with Crippen LogP contribution >= 0.6 is 0 Å². The molecule has 0 spiro atoms. The smallest absolute Gasteiger partial charge is 0.167 e. The van der Waals surface area contributed by atoms with Crippen LogP contribution in [0.25, 0.3) is 17.2 Å². The molecule has 0 aliphatic heterocycles. The summed E-state index contributed by atoms with van der Waals surface area (Å²) in [4.78, 5) is 13.4. The van der Waals surface area contributed by atoms with Crippen LogP contribution in [0.1, 0.15) is 36.0 Å². The molecule has 0 saturated carbocycles. The number of pyridine rings is 1. The van der Waals surface area contributed by atoms with Gasteiger partial charge in [0.1, 0.15) is 23.9 Å². The van der Waals surface area contributed by atoms with Gasteiger partial charge in [0.15, 0.2) is 11.5 Å². The SMILES string of the molecule is CCCc1c(Cn2ccnc2-c2ncccc2C#N)ncn2c(C)nnc12. The average molecular weight is 358 g/mol. The lowest BCUT2D eigenvalue weighted by atomic mass is 10.1. The molecule has 0 N–H and O–H groups in total. The van der Waals surface area contributed by atoms with Crippen LogP contribution in [0.2, 0.25) is 0 Å². The van der Waals surface area contributed by atoms with Gasteiger partial charge in [0.05, 0.1) is 17.8 Å². The van der Waals surface area contributed by atoms with Crippen LogP contribution in [0.4, 0.5) is 0 Å². The van der Waals surface area contributed by atoms with Crippen LogP contribution in [0.15, 0.2) is 37.1 Å².